The number of aromatic nitrogens is 2. The van der Waals surface area contributed by atoms with Crippen LogP contribution < -0.4 is 15.8 Å². The molecule has 22 heavy (non-hydrogen) atoms. The van der Waals surface area contributed by atoms with Gasteiger partial charge in [-0.2, -0.15) is 4.98 Å². The van der Waals surface area contributed by atoms with E-state index in [0.29, 0.717) is 49.1 Å². The maximum absolute atomic E-state index is 6.15. The Hall–Kier alpha value is -1.60. The Balaban J connectivity index is 2.14. The molecule has 3 N–H and O–H groups in total. The highest BCUT2D eigenvalue weighted by molar-refractivity contribution is 5.67. The quantitative estimate of drug-likeness (QED) is 0.709. The number of nitrogens with zero attached hydrogens (tertiary/aromatic N) is 2. The van der Waals surface area contributed by atoms with E-state index in [-0.39, 0.29) is 0 Å². The SMILES string of the molecule is COCCOc1nc(COC)nc(NC2CCCCC2)c1N. The lowest BCUT2D eigenvalue weighted by Gasteiger charge is -2.24. The third-order valence-electron chi connectivity index (χ3n) is 3.70. The standard InChI is InChI=1S/C15H26N4O3/c1-20-8-9-22-15-13(16)14(18-12(19-15)10-21-2)17-11-6-4-3-5-7-11/h11H,3-10,16H2,1-2H3,(H,17,18,19). The van der Waals surface area contributed by atoms with Gasteiger partial charge >= 0.3 is 0 Å². The molecule has 1 aliphatic carbocycles. The first-order valence-corrected chi connectivity index (χ1v) is 7.78. The van der Waals surface area contributed by atoms with E-state index in [2.05, 4.69) is 15.3 Å². The van der Waals surface area contributed by atoms with Crippen molar-refractivity contribution in [1.29, 1.82) is 0 Å². The third-order valence-corrected chi connectivity index (χ3v) is 3.70. The first-order chi connectivity index (χ1) is 10.7. The van der Waals surface area contributed by atoms with Crippen molar-refractivity contribution in [3.63, 3.8) is 0 Å². The van der Waals surface area contributed by atoms with Crippen LogP contribution in [0.4, 0.5) is 11.5 Å². The van der Waals surface area contributed by atoms with Gasteiger partial charge in [0, 0.05) is 20.3 Å². The van der Waals surface area contributed by atoms with Crippen LogP contribution in [0.15, 0.2) is 0 Å². The average Bonchev–Trinajstić information content (AvgIpc) is 2.53. The fourth-order valence-electron chi connectivity index (χ4n) is 2.57. The van der Waals surface area contributed by atoms with Crippen molar-refractivity contribution < 1.29 is 14.2 Å². The zero-order valence-corrected chi connectivity index (χ0v) is 13.4. The van der Waals surface area contributed by atoms with Crippen LogP contribution in [-0.2, 0) is 16.1 Å². The summed E-state index contributed by atoms with van der Waals surface area (Å²) in [4.78, 5) is 8.77. The van der Waals surface area contributed by atoms with Gasteiger partial charge in [0.25, 0.3) is 0 Å². The molecule has 1 aromatic rings. The van der Waals surface area contributed by atoms with Crippen molar-refractivity contribution in [3.05, 3.63) is 5.82 Å². The van der Waals surface area contributed by atoms with E-state index < -0.39 is 0 Å². The van der Waals surface area contributed by atoms with Crippen molar-refractivity contribution in [1.82, 2.24) is 9.97 Å². The first kappa shape index (κ1) is 16.8. The maximum Gasteiger partial charge on any atom is 0.243 e. The molecule has 1 aliphatic rings. The van der Waals surface area contributed by atoms with E-state index in [1.54, 1.807) is 14.2 Å². The monoisotopic (exact) mass is 310 g/mol. The normalized spacial score (nSPS) is 15.7. The van der Waals surface area contributed by atoms with Crippen LogP contribution >= 0.6 is 0 Å². The molecule has 0 bridgehead atoms. The predicted molar refractivity (Wildman–Crippen MR) is 85.0 cm³/mol. The summed E-state index contributed by atoms with van der Waals surface area (Å²) in [6.45, 7) is 1.20. The largest absolute Gasteiger partial charge is 0.474 e. The number of anilines is 2. The number of rotatable bonds is 8. The van der Waals surface area contributed by atoms with Crippen LogP contribution in [0.3, 0.4) is 0 Å². The molecule has 0 aliphatic heterocycles. The lowest BCUT2D eigenvalue weighted by molar-refractivity contribution is 0.142. The minimum atomic E-state index is 0.320. The summed E-state index contributed by atoms with van der Waals surface area (Å²) < 4.78 is 15.7. The van der Waals surface area contributed by atoms with Gasteiger partial charge in [-0.25, -0.2) is 4.98 Å². The number of nitrogens with one attached hydrogen (secondary N) is 1. The second-order valence-electron chi connectivity index (χ2n) is 5.46. The smallest absolute Gasteiger partial charge is 0.243 e. The molecular weight excluding hydrogens is 284 g/mol. The summed E-state index contributed by atoms with van der Waals surface area (Å²) in [6, 6.07) is 0.410. The molecule has 0 aromatic carbocycles. The summed E-state index contributed by atoms with van der Waals surface area (Å²) in [5, 5.41) is 3.44. The van der Waals surface area contributed by atoms with Crippen molar-refractivity contribution >= 4 is 11.5 Å². The lowest BCUT2D eigenvalue weighted by Crippen LogP contribution is -2.24. The van der Waals surface area contributed by atoms with Gasteiger partial charge in [-0.1, -0.05) is 19.3 Å². The Bertz CT molecular complexity index is 464. The lowest BCUT2D eigenvalue weighted by atomic mass is 9.95. The molecule has 2 rings (SSSR count). The van der Waals surface area contributed by atoms with Crippen LogP contribution in [0.5, 0.6) is 5.88 Å². The summed E-state index contributed by atoms with van der Waals surface area (Å²) in [6.07, 6.45) is 6.07. The Labute approximate surface area is 131 Å². The second-order valence-corrected chi connectivity index (χ2v) is 5.46. The third kappa shape index (κ3) is 4.71. The second kappa shape index (κ2) is 8.75. The number of nitrogens with two attached hydrogens (primary N) is 1. The molecule has 0 atom stereocenters. The van der Waals surface area contributed by atoms with E-state index in [9.17, 15) is 0 Å². The van der Waals surface area contributed by atoms with Crippen LogP contribution in [0.1, 0.15) is 37.9 Å². The van der Waals surface area contributed by atoms with Gasteiger partial charge in [0.1, 0.15) is 18.9 Å². The number of nitrogen functional groups attached to an aromatic ring is 1. The number of ether oxygens (including phenoxy) is 3. The Morgan fingerprint density at radius 3 is 2.55 bits per heavy atom. The van der Waals surface area contributed by atoms with Crippen LogP contribution in [0.25, 0.3) is 0 Å². The summed E-state index contributed by atoms with van der Waals surface area (Å²) >= 11 is 0. The molecule has 0 unspecified atom stereocenters. The molecule has 0 radical (unpaired) electrons. The highest BCUT2D eigenvalue weighted by Crippen LogP contribution is 2.29. The highest BCUT2D eigenvalue weighted by Gasteiger charge is 2.18. The molecule has 124 valence electrons. The molecule has 0 amide bonds. The molecule has 1 heterocycles. The fraction of sp³-hybridized carbons (Fsp3) is 0.733. The molecule has 0 saturated heterocycles. The molecular formula is C15H26N4O3. The van der Waals surface area contributed by atoms with E-state index in [4.69, 9.17) is 19.9 Å². The van der Waals surface area contributed by atoms with E-state index in [1.165, 1.54) is 19.3 Å². The number of hydrogen-bond acceptors (Lipinski definition) is 7. The van der Waals surface area contributed by atoms with Gasteiger partial charge in [-0.15, -0.1) is 0 Å². The Kier molecular flexibility index (Phi) is 6.67. The minimum absolute atomic E-state index is 0.320. The Morgan fingerprint density at radius 2 is 1.86 bits per heavy atom. The first-order valence-electron chi connectivity index (χ1n) is 7.78. The maximum atomic E-state index is 6.15. The van der Waals surface area contributed by atoms with Gasteiger partial charge in [0.05, 0.1) is 6.61 Å². The summed E-state index contributed by atoms with van der Waals surface area (Å²) in [7, 11) is 3.23. The average molecular weight is 310 g/mol. The number of hydrogen-bond donors (Lipinski definition) is 2. The number of methoxy groups -OCH3 is 2. The zero-order valence-electron chi connectivity index (χ0n) is 13.4. The molecule has 1 saturated carbocycles. The van der Waals surface area contributed by atoms with Crippen molar-refractivity contribution in [2.24, 2.45) is 0 Å². The van der Waals surface area contributed by atoms with Crippen LogP contribution in [0, 0.1) is 0 Å². The molecule has 1 aromatic heterocycles. The van der Waals surface area contributed by atoms with Crippen molar-refractivity contribution in [2.45, 2.75) is 44.8 Å². The molecule has 0 spiro atoms. The fourth-order valence-corrected chi connectivity index (χ4v) is 2.57. The van der Waals surface area contributed by atoms with Gasteiger partial charge in [-0.05, 0) is 12.8 Å². The van der Waals surface area contributed by atoms with E-state index >= 15 is 0 Å². The molecule has 7 heteroatoms. The highest BCUT2D eigenvalue weighted by atomic mass is 16.5. The van der Waals surface area contributed by atoms with Gasteiger partial charge < -0.3 is 25.3 Å². The minimum Gasteiger partial charge on any atom is -0.474 e. The molecule has 7 nitrogen and oxygen atoms in total. The van der Waals surface area contributed by atoms with E-state index in [1.807, 2.05) is 0 Å². The van der Waals surface area contributed by atoms with E-state index in [0.717, 1.165) is 12.8 Å². The van der Waals surface area contributed by atoms with Crippen molar-refractivity contribution in [2.75, 3.05) is 38.5 Å². The van der Waals surface area contributed by atoms with Crippen LogP contribution in [0.2, 0.25) is 0 Å². The topological polar surface area (TPSA) is 91.5 Å². The summed E-state index contributed by atoms with van der Waals surface area (Å²) in [5.74, 6) is 1.58. The van der Waals surface area contributed by atoms with Crippen molar-refractivity contribution in [3.8, 4) is 5.88 Å². The molecule has 1 fully saturated rings. The van der Waals surface area contributed by atoms with Gasteiger partial charge in [0.15, 0.2) is 11.6 Å². The summed E-state index contributed by atoms with van der Waals surface area (Å²) in [5.41, 5.74) is 6.60. The van der Waals surface area contributed by atoms with Gasteiger partial charge in [0.2, 0.25) is 5.88 Å². The predicted octanol–water partition coefficient (Wildman–Crippen LogP) is 1.97. The van der Waals surface area contributed by atoms with Gasteiger partial charge in [-0.3, -0.25) is 0 Å². The Morgan fingerprint density at radius 1 is 1.09 bits per heavy atom. The van der Waals surface area contributed by atoms with Crippen LogP contribution in [-0.4, -0.2) is 43.4 Å². The zero-order chi connectivity index (χ0) is 15.8.